The lowest BCUT2D eigenvalue weighted by Crippen LogP contribution is -2.38. The molecule has 0 fully saturated rings. The van der Waals surface area contributed by atoms with Crippen LogP contribution in [-0.2, 0) is 15.6 Å². The molecule has 2 N–H and O–H groups in total. The van der Waals surface area contributed by atoms with Gasteiger partial charge in [0.2, 0.25) is 10.0 Å². The number of halogens is 1. The van der Waals surface area contributed by atoms with Crippen molar-refractivity contribution in [1.29, 1.82) is 0 Å². The number of hydrogen-bond donors (Lipinski definition) is 2. The largest absolute Gasteiger partial charge is 0.384 e. The van der Waals surface area contributed by atoms with Crippen LogP contribution in [0.3, 0.4) is 0 Å². The van der Waals surface area contributed by atoms with E-state index < -0.39 is 21.4 Å². The summed E-state index contributed by atoms with van der Waals surface area (Å²) in [6.45, 7) is 4.79. The Bertz CT molecular complexity index is 799. The fourth-order valence-corrected chi connectivity index (χ4v) is 3.68. The van der Waals surface area contributed by atoms with Gasteiger partial charge in [0.15, 0.2) is 0 Å². The molecule has 0 spiro atoms. The second-order valence-electron chi connectivity index (χ2n) is 5.87. The van der Waals surface area contributed by atoms with Gasteiger partial charge in [-0.1, -0.05) is 24.3 Å². The van der Waals surface area contributed by atoms with Gasteiger partial charge in [-0.2, -0.15) is 0 Å². The number of nitrogens with one attached hydrogen (secondary N) is 1. The fourth-order valence-electron chi connectivity index (χ4n) is 2.22. The van der Waals surface area contributed by atoms with Crippen molar-refractivity contribution >= 4 is 10.0 Å². The Morgan fingerprint density at radius 1 is 1.13 bits per heavy atom. The number of hydrogen-bond acceptors (Lipinski definition) is 3. The summed E-state index contributed by atoms with van der Waals surface area (Å²) in [7, 11) is -3.75. The van der Waals surface area contributed by atoms with Crippen LogP contribution < -0.4 is 4.72 Å². The Morgan fingerprint density at radius 3 is 2.35 bits per heavy atom. The smallest absolute Gasteiger partial charge is 0.240 e. The molecule has 0 aliphatic rings. The van der Waals surface area contributed by atoms with Gasteiger partial charge < -0.3 is 5.11 Å². The Balaban J connectivity index is 2.21. The average molecular weight is 337 g/mol. The Labute approximate surface area is 136 Å². The van der Waals surface area contributed by atoms with Crippen molar-refractivity contribution in [3.63, 3.8) is 0 Å². The van der Waals surface area contributed by atoms with Crippen molar-refractivity contribution in [3.8, 4) is 0 Å². The van der Waals surface area contributed by atoms with Gasteiger partial charge in [0, 0.05) is 6.54 Å². The molecule has 0 saturated carbocycles. The highest BCUT2D eigenvalue weighted by Gasteiger charge is 2.27. The minimum Gasteiger partial charge on any atom is -0.384 e. The molecule has 0 aliphatic carbocycles. The molecular formula is C17H20FNO3S. The molecule has 2 aromatic carbocycles. The molecule has 0 aliphatic heterocycles. The Morgan fingerprint density at radius 2 is 1.74 bits per heavy atom. The topological polar surface area (TPSA) is 66.4 Å². The number of rotatable bonds is 5. The standard InChI is InChI=1S/C17H20FNO3S/c1-12-4-5-13(2)16(10-12)23(21,22)19-11-17(3,20)14-6-8-15(18)9-7-14/h4-10,19-20H,11H2,1-3H3. The van der Waals surface area contributed by atoms with Crippen molar-refractivity contribution in [2.75, 3.05) is 6.54 Å². The third kappa shape index (κ3) is 4.16. The van der Waals surface area contributed by atoms with E-state index in [0.717, 1.165) is 5.56 Å². The molecule has 1 atom stereocenters. The molecule has 0 amide bonds. The van der Waals surface area contributed by atoms with E-state index in [0.29, 0.717) is 11.1 Å². The van der Waals surface area contributed by atoms with E-state index in [9.17, 15) is 17.9 Å². The van der Waals surface area contributed by atoms with Crippen molar-refractivity contribution < 1.29 is 17.9 Å². The van der Waals surface area contributed by atoms with E-state index in [-0.39, 0.29) is 11.4 Å². The van der Waals surface area contributed by atoms with Crippen LogP contribution in [0.15, 0.2) is 47.4 Å². The maximum absolute atomic E-state index is 13.0. The van der Waals surface area contributed by atoms with Gasteiger partial charge >= 0.3 is 0 Å². The summed E-state index contributed by atoms with van der Waals surface area (Å²) in [5, 5.41) is 10.5. The minimum absolute atomic E-state index is 0.187. The van der Waals surface area contributed by atoms with Crippen LogP contribution in [0.25, 0.3) is 0 Å². The summed E-state index contributed by atoms with van der Waals surface area (Å²) in [5.74, 6) is -0.416. The van der Waals surface area contributed by atoms with E-state index in [1.165, 1.54) is 31.2 Å². The van der Waals surface area contributed by atoms with Crippen LogP contribution in [0.2, 0.25) is 0 Å². The molecule has 23 heavy (non-hydrogen) atoms. The number of aryl methyl sites for hydroxylation is 2. The zero-order valence-corrected chi connectivity index (χ0v) is 14.1. The summed E-state index contributed by atoms with van der Waals surface area (Å²) in [4.78, 5) is 0.187. The monoisotopic (exact) mass is 337 g/mol. The molecule has 4 nitrogen and oxygen atoms in total. The SMILES string of the molecule is Cc1ccc(C)c(S(=O)(=O)NCC(C)(O)c2ccc(F)cc2)c1. The Hall–Kier alpha value is -1.76. The summed E-state index contributed by atoms with van der Waals surface area (Å²) in [6, 6.07) is 10.5. The molecule has 0 heterocycles. The molecule has 2 rings (SSSR count). The first-order valence-corrected chi connectivity index (χ1v) is 8.65. The molecule has 0 saturated heterocycles. The summed E-state index contributed by atoms with van der Waals surface area (Å²) in [5.41, 5.74) is 0.451. The maximum atomic E-state index is 13.0. The lowest BCUT2D eigenvalue weighted by Gasteiger charge is -2.24. The number of sulfonamides is 1. The van der Waals surface area contributed by atoms with E-state index in [4.69, 9.17) is 0 Å². The maximum Gasteiger partial charge on any atom is 0.240 e. The van der Waals surface area contributed by atoms with Crippen molar-refractivity contribution in [2.45, 2.75) is 31.3 Å². The predicted octanol–water partition coefficient (Wildman–Crippen LogP) is 2.63. The zero-order valence-electron chi connectivity index (χ0n) is 13.3. The highest BCUT2D eigenvalue weighted by atomic mass is 32.2. The van der Waals surface area contributed by atoms with Gasteiger partial charge in [-0.05, 0) is 55.7 Å². The molecule has 6 heteroatoms. The van der Waals surface area contributed by atoms with Gasteiger partial charge in [0.1, 0.15) is 11.4 Å². The Kier molecular flexibility index (Phi) is 4.89. The van der Waals surface area contributed by atoms with E-state index in [1.54, 1.807) is 19.1 Å². The van der Waals surface area contributed by atoms with Crippen LogP contribution in [0.4, 0.5) is 4.39 Å². The first-order valence-electron chi connectivity index (χ1n) is 7.17. The summed E-state index contributed by atoms with van der Waals surface area (Å²) >= 11 is 0. The van der Waals surface area contributed by atoms with Crippen molar-refractivity contribution in [3.05, 3.63) is 65.0 Å². The predicted molar refractivity (Wildman–Crippen MR) is 87.1 cm³/mol. The molecular weight excluding hydrogens is 317 g/mol. The molecule has 124 valence electrons. The van der Waals surface area contributed by atoms with Crippen LogP contribution in [0, 0.1) is 19.7 Å². The van der Waals surface area contributed by atoms with Gasteiger partial charge in [0.05, 0.1) is 4.90 Å². The lowest BCUT2D eigenvalue weighted by atomic mass is 9.96. The summed E-state index contributed by atoms with van der Waals surface area (Å²) in [6.07, 6.45) is 0. The van der Waals surface area contributed by atoms with E-state index in [2.05, 4.69) is 4.72 Å². The second kappa shape index (κ2) is 6.39. The highest BCUT2D eigenvalue weighted by molar-refractivity contribution is 7.89. The van der Waals surface area contributed by atoms with Crippen molar-refractivity contribution in [2.24, 2.45) is 0 Å². The second-order valence-corrected chi connectivity index (χ2v) is 7.61. The third-order valence-corrected chi connectivity index (χ3v) is 5.25. The first kappa shape index (κ1) is 17.6. The van der Waals surface area contributed by atoms with Gasteiger partial charge in [-0.15, -0.1) is 0 Å². The normalized spacial score (nSPS) is 14.5. The van der Waals surface area contributed by atoms with Gasteiger partial charge in [-0.3, -0.25) is 0 Å². The minimum atomic E-state index is -3.75. The zero-order chi connectivity index (χ0) is 17.3. The van der Waals surface area contributed by atoms with Crippen LogP contribution in [0.5, 0.6) is 0 Å². The molecule has 0 aromatic heterocycles. The molecule has 0 bridgehead atoms. The van der Waals surface area contributed by atoms with Gasteiger partial charge in [-0.25, -0.2) is 17.5 Å². The number of benzene rings is 2. The summed E-state index contributed by atoms with van der Waals surface area (Å²) < 4.78 is 40.3. The molecule has 0 radical (unpaired) electrons. The van der Waals surface area contributed by atoms with Gasteiger partial charge in [0.25, 0.3) is 0 Å². The number of aliphatic hydroxyl groups is 1. The van der Waals surface area contributed by atoms with Crippen LogP contribution >= 0.6 is 0 Å². The van der Waals surface area contributed by atoms with E-state index in [1.807, 2.05) is 13.0 Å². The molecule has 2 aromatic rings. The molecule has 1 unspecified atom stereocenters. The fraction of sp³-hybridized carbons (Fsp3) is 0.294. The van der Waals surface area contributed by atoms with E-state index >= 15 is 0 Å². The quantitative estimate of drug-likeness (QED) is 0.881. The third-order valence-electron chi connectivity index (χ3n) is 3.71. The highest BCUT2D eigenvalue weighted by Crippen LogP contribution is 2.22. The van der Waals surface area contributed by atoms with Crippen LogP contribution in [-0.4, -0.2) is 20.1 Å². The first-order chi connectivity index (χ1) is 10.6. The van der Waals surface area contributed by atoms with Crippen molar-refractivity contribution in [1.82, 2.24) is 4.72 Å². The lowest BCUT2D eigenvalue weighted by molar-refractivity contribution is 0.0627. The average Bonchev–Trinajstić information content (AvgIpc) is 2.48. The van der Waals surface area contributed by atoms with Crippen LogP contribution in [0.1, 0.15) is 23.6 Å².